The van der Waals surface area contributed by atoms with Crippen molar-refractivity contribution in [3.63, 3.8) is 0 Å². The van der Waals surface area contributed by atoms with E-state index in [2.05, 4.69) is 19.1 Å². The van der Waals surface area contributed by atoms with Gasteiger partial charge >= 0.3 is 5.97 Å². The van der Waals surface area contributed by atoms with Crippen molar-refractivity contribution in [2.24, 2.45) is 0 Å². The molecule has 2 rings (SSSR count). The Kier molecular flexibility index (Phi) is 6.42. The molecule has 0 fully saturated rings. The van der Waals surface area contributed by atoms with E-state index < -0.39 is 0 Å². The van der Waals surface area contributed by atoms with E-state index in [9.17, 15) is 4.79 Å². The van der Waals surface area contributed by atoms with Gasteiger partial charge in [0.15, 0.2) is 0 Å². The van der Waals surface area contributed by atoms with Gasteiger partial charge in [0, 0.05) is 6.08 Å². The number of hydrogen-bond donors (Lipinski definition) is 0. The smallest absolute Gasteiger partial charge is 0.330 e. The number of carbonyl (C=O) groups excluding carboxylic acids is 1. The average Bonchev–Trinajstić information content (AvgIpc) is 2.57. The molecule has 23 heavy (non-hydrogen) atoms. The van der Waals surface area contributed by atoms with Gasteiger partial charge in [0.2, 0.25) is 0 Å². The standard InChI is InChI=1S/C20H22O3/c1-3-13-22-20(21)12-9-17-7-10-19(11-8-17)23-15-18-6-4-5-16(2)14-18/h4-12,14H,3,13,15H2,1-2H3. The first kappa shape index (κ1) is 16.8. The fourth-order valence-electron chi connectivity index (χ4n) is 2.06. The normalized spacial score (nSPS) is 10.7. The number of rotatable bonds is 7. The van der Waals surface area contributed by atoms with E-state index in [1.165, 1.54) is 11.6 Å². The van der Waals surface area contributed by atoms with Gasteiger partial charge < -0.3 is 9.47 Å². The minimum Gasteiger partial charge on any atom is -0.489 e. The molecule has 2 aromatic carbocycles. The fraction of sp³-hybridized carbons (Fsp3) is 0.250. The molecule has 0 atom stereocenters. The Morgan fingerprint density at radius 1 is 1.13 bits per heavy atom. The molecule has 0 saturated heterocycles. The highest BCUT2D eigenvalue weighted by Gasteiger charge is 1.98. The summed E-state index contributed by atoms with van der Waals surface area (Å²) in [5, 5.41) is 0. The van der Waals surface area contributed by atoms with E-state index >= 15 is 0 Å². The quantitative estimate of drug-likeness (QED) is 0.556. The van der Waals surface area contributed by atoms with Crippen molar-refractivity contribution in [3.05, 3.63) is 71.3 Å². The monoisotopic (exact) mass is 310 g/mol. The summed E-state index contributed by atoms with van der Waals surface area (Å²) in [5.41, 5.74) is 3.30. The van der Waals surface area contributed by atoms with Crippen LogP contribution in [0.1, 0.15) is 30.0 Å². The predicted octanol–water partition coefficient (Wildman–Crippen LogP) is 4.54. The van der Waals surface area contributed by atoms with Crippen LogP contribution in [0.5, 0.6) is 5.75 Å². The molecule has 0 bridgehead atoms. The summed E-state index contributed by atoms with van der Waals surface area (Å²) >= 11 is 0. The molecule has 0 spiro atoms. The Bertz CT molecular complexity index is 657. The Morgan fingerprint density at radius 2 is 1.91 bits per heavy atom. The lowest BCUT2D eigenvalue weighted by Gasteiger charge is -2.07. The van der Waals surface area contributed by atoms with Gasteiger partial charge in [-0.1, -0.05) is 48.9 Å². The van der Waals surface area contributed by atoms with Crippen LogP contribution in [-0.2, 0) is 16.1 Å². The Hall–Kier alpha value is -2.55. The van der Waals surface area contributed by atoms with Crippen LogP contribution in [0.3, 0.4) is 0 Å². The topological polar surface area (TPSA) is 35.5 Å². The number of carbonyl (C=O) groups is 1. The van der Waals surface area contributed by atoms with E-state index in [0.29, 0.717) is 13.2 Å². The van der Waals surface area contributed by atoms with Crippen molar-refractivity contribution in [2.75, 3.05) is 6.61 Å². The van der Waals surface area contributed by atoms with Crippen LogP contribution in [0.4, 0.5) is 0 Å². The predicted molar refractivity (Wildman–Crippen MR) is 92.2 cm³/mol. The van der Waals surface area contributed by atoms with E-state index in [4.69, 9.17) is 9.47 Å². The van der Waals surface area contributed by atoms with Crippen LogP contribution in [0.15, 0.2) is 54.6 Å². The lowest BCUT2D eigenvalue weighted by molar-refractivity contribution is -0.137. The van der Waals surface area contributed by atoms with Gasteiger partial charge in [-0.3, -0.25) is 0 Å². The van der Waals surface area contributed by atoms with E-state index in [1.807, 2.05) is 43.3 Å². The van der Waals surface area contributed by atoms with Crippen LogP contribution >= 0.6 is 0 Å². The minimum atomic E-state index is -0.313. The molecular weight excluding hydrogens is 288 g/mol. The highest BCUT2D eigenvalue weighted by Crippen LogP contribution is 2.15. The fourth-order valence-corrected chi connectivity index (χ4v) is 2.06. The van der Waals surface area contributed by atoms with Crippen LogP contribution in [0, 0.1) is 6.92 Å². The molecule has 2 aromatic rings. The van der Waals surface area contributed by atoms with Crippen molar-refractivity contribution in [1.82, 2.24) is 0 Å². The maximum atomic E-state index is 11.4. The molecule has 0 amide bonds. The van der Waals surface area contributed by atoms with E-state index in [-0.39, 0.29) is 5.97 Å². The van der Waals surface area contributed by atoms with Crippen molar-refractivity contribution in [1.29, 1.82) is 0 Å². The third-order valence-corrected chi connectivity index (χ3v) is 3.23. The molecule has 3 nitrogen and oxygen atoms in total. The Balaban J connectivity index is 1.87. The molecule has 0 unspecified atom stereocenters. The summed E-state index contributed by atoms with van der Waals surface area (Å²) < 4.78 is 10.7. The van der Waals surface area contributed by atoms with E-state index in [0.717, 1.165) is 23.3 Å². The Labute approximate surface area is 137 Å². The molecule has 0 aliphatic heterocycles. The van der Waals surface area contributed by atoms with Gasteiger partial charge in [0.25, 0.3) is 0 Å². The number of aryl methyl sites for hydroxylation is 1. The lowest BCUT2D eigenvalue weighted by atomic mass is 10.1. The summed E-state index contributed by atoms with van der Waals surface area (Å²) in [6.45, 7) is 5.03. The van der Waals surface area contributed by atoms with Crippen molar-refractivity contribution >= 4 is 12.0 Å². The second kappa shape index (κ2) is 8.79. The van der Waals surface area contributed by atoms with Crippen LogP contribution in [0.2, 0.25) is 0 Å². The lowest BCUT2D eigenvalue weighted by Crippen LogP contribution is -2.00. The summed E-state index contributed by atoms with van der Waals surface area (Å²) in [5.74, 6) is 0.490. The molecule has 0 aliphatic rings. The maximum Gasteiger partial charge on any atom is 0.330 e. The molecule has 0 N–H and O–H groups in total. The molecule has 0 saturated carbocycles. The minimum absolute atomic E-state index is 0.313. The van der Waals surface area contributed by atoms with Crippen molar-refractivity contribution in [3.8, 4) is 5.75 Å². The third-order valence-electron chi connectivity index (χ3n) is 3.23. The van der Waals surface area contributed by atoms with Gasteiger partial charge in [0.05, 0.1) is 6.61 Å². The number of ether oxygens (including phenoxy) is 2. The average molecular weight is 310 g/mol. The van der Waals surface area contributed by atoms with Gasteiger partial charge in [-0.15, -0.1) is 0 Å². The Morgan fingerprint density at radius 3 is 2.61 bits per heavy atom. The largest absolute Gasteiger partial charge is 0.489 e. The summed E-state index contributed by atoms with van der Waals surface area (Å²) in [6, 6.07) is 15.9. The molecular formula is C20H22O3. The third kappa shape index (κ3) is 5.99. The first-order chi connectivity index (χ1) is 11.2. The van der Waals surface area contributed by atoms with Gasteiger partial charge in [0.1, 0.15) is 12.4 Å². The maximum absolute atomic E-state index is 11.4. The van der Waals surface area contributed by atoms with Gasteiger partial charge in [-0.05, 0) is 42.7 Å². The molecule has 0 radical (unpaired) electrons. The van der Waals surface area contributed by atoms with Crippen LogP contribution in [0.25, 0.3) is 6.08 Å². The number of benzene rings is 2. The van der Waals surface area contributed by atoms with Crippen LogP contribution in [-0.4, -0.2) is 12.6 Å². The van der Waals surface area contributed by atoms with Crippen molar-refractivity contribution in [2.45, 2.75) is 26.9 Å². The first-order valence-corrected chi connectivity index (χ1v) is 7.80. The van der Waals surface area contributed by atoms with Crippen LogP contribution < -0.4 is 4.74 Å². The number of esters is 1. The SMILES string of the molecule is CCCOC(=O)C=Cc1ccc(OCc2cccc(C)c2)cc1. The van der Waals surface area contributed by atoms with E-state index in [1.54, 1.807) is 6.08 Å². The molecule has 0 aromatic heterocycles. The zero-order valence-corrected chi connectivity index (χ0v) is 13.6. The summed E-state index contributed by atoms with van der Waals surface area (Å²) in [4.78, 5) is 11.4. The number of hydrogen-bond acceptors (Lipinski definition) is 3. The van der Waals surface area contributed by atoms with Gasteiger partial charge in [-0.25, -0.2) is 4.79 Å². The van der Waals surface area contributed by atoms with Gasteiger partial charge in [-0.2, -0.15) is 0 Å². The second-order valence-corrected chi connectivity index (χ2v) is 5.35. The molecule has 0 heterocycles. The second-order valence-electron chi connectivity index (χ2n) is 5.35. The highest BCUT2D eigenvalue weighted by molar-refractivity contribution is 5.87. The zero-order chi connectivity index (χ0) is 16.5. The van der Waals surface area contributed by atoms with Crippen molar-refractivity contribution < 1.29 is 14.3 Å². The molecule has 120 valence electrons. The zero-order valence-electron chi connectivity index (χ0n) is 13.6. The molecule has 3 heteroatoms. The summed E-state index contributed by atoms with van der Waals surface area (Å²) in [7, 11) is 0. The molecule has 0 aliphatic carbocycles. The highest BCUT2D eigenvalue weighted by atomic mass is 16.5. The first-order valence-electron chi connectivity index (χ1n) is 7.80. The summed E-state index contributed by atoms with van der Waals surface area (Å²) in [6.07, 6.45) is 4.01.